The van der Waals surface area contributed by atoms with E-state index in [0.29, 0.717) is 42.3 Å². The number of aromatic nitrogens is 1. The minimum Gasteiger partial charge on any atom is -0.497 e. The van der Waals surface area contributed by atoms with Crippen molar-refractivity contribution in [2.24, 2.45) is 5.92 Å². The third-order valence-electron chi connectivity index (χ3n) is 4.59. The number of benzene rings is 1. The molecule has 28 heavy (non-hydrogen) atoms. The van der Waals surface area contributed by atoms with Crippen LogP contribution in [0.1, 0.15) is 18.4 Å². The SMILES string of the molecule is COc1cccc(Oc2ncccc2CNC(=O)N2CCCC(C(=O)O)C2)c1. The zero-order valence-electron chi connectivity index (χ0n) is 15.6. The first-order chi connectivity index (χ1) is 13.6. The number of piperidine rings is 1. The van der Waals surface area contributed by atoms with Crippen LogP contribution in [0, 0.1) is 5.92 Å². The highest BCUT2D eigenvalue weighted by atomic mass is 16.5. The first kappa shape index (κ1) is 19.5. The van der Waals surface area contributed by atoms with Gasteiger partial charge < -0.3 is 24.8 Å². The van der Waals surface area contributed by atoms with Gasteiger partial charge in [-0.1, -0.05) is 12.1 Å². The van der Waals surface area contributed by atoms with Gasteiger partial charge in [0.1, 0.15) is 11.5 Å². The van der Waals surface area contributed by atoms with E-state index in [2.05, 4.69) is 10.3 Å². The fraction of sp³-hybridized carbons (Fsp3) is 0.350. The molecule has 148 valence electrons. The molecule has 1 saturated heterocycles. The second-order valence-electron chi connectivity index (χ2n) is 6.53. The number of carbonyl (C=O) groups excluding carboxylic acids is 1. The van der Waals surface area contributed by atoms with E-state index in [4.69, 9.17) is 14.6 Å². The molecule has 2 heterocycles. The van der Waals surface area contributed by atoms with Gasteiger partial charge in [0.05, 0.1) is 13.0 Å². The number of carbonyl (C=O) groups is 2. The van der Waals surface area contributed by atoms with Crippen molar-refractivity contribution in [3.05, 3.63) is 48.2 Å². The Kier molecular flexibility index (Phi) is 6.31. The number of hydrogen-bond acceptors (Lipinski definition) is 5. The molecule has 1 unspecified atom stereocenters. The summed E-state index contributed by atoms with van der Waals surface area (Å²) in [4.78, 5) is 29.4. The Hall–Kier alpha value is -3.29. The molecule has 0 radical (unpaired) electrons. The number of carboxylic acids is 1. The van der Waals surface area contributed by atoms with Crippen LogP contribution in [0.25, 0.3) is 0 Å². The monoisotopic (exact) mass is 385 g/mol. The maximum absolute atomic E-state index is 12.4. The predicted octanol–water partition coefficient (Wildman–Crippen LogP) is 2.89. The van der Waals surface area contributed by atoms with Crippen LogP contribution in [-0.4, -0.2) is 47.2 Å². The summed E-state index contributed by atoms with van der Waals surface area (Å²) < 4.78 is 11.0. The van der Waals surface area contributed by atoms with Gasteiger partial charge in [0, 0.05) is 37.5 Å². The highest BCUT2D eigenvalue weighted by Gasteiger charge is 2.28. The lowest BCUT2D eigenvalue weighted by Crippen LogP contribution is -2.46. The van der Waals surface area contributed by atoms with Crippen molar-refractivity contribution in [3.63, 3.8) is 0 Å². The van der Waals surface area contributed by atoms with E-state index in [1.165, 1.54) is 0 Å². The van der Waals surface area contributed by atoms with Gasteiger partial charge in [-0.15, -0.1) is 0 Å². The van der Waals surface area contributed by atoms with E-state index < -0.39 is 11.9 Å². The number of aliphatic carboxylic acids is 1. The zero-order valence-corrected chi connectivity index (χ0v) is 15.6. The van der Waals surface area contributed by atoms with Crippen molar-refractivity contribution in [1.29, 1.82) is 0 Å². The van der Waals surface area contributed by atoms with Crippen molar-refractivity contribution >= 4 is 12.0 Å². The third kappa shape index (κ3) is 4.91. The Labute approximate surface area is 163 Å². The number of amides is 2. The topological polar surface area (TPSA) is 101 Å². The number of rotatable bonds is 6. The van der Waals surface area contributed by atoms with Crippen LogP contribution in [0.2, 0.25) is 0 Å². The molecule has 1 atom stereocenters. The van der Waals surface area contributed by atoms with E-state index in [-0.39, 0.29) is 19.1 Å². The summed E-state index contributed by atoms with van der Waals surface area (Å²) in [5, 5.41) is 12.0. The molecule has 1 aromatic heterocycles. The summed E-state index contributed by atoms with van der Waals surface area (Å²) in [6, 6.07) is 10.5. The van der Waals surface area contributed by atoms with Gasteiger partial charge in [-0.25, -0.2) is 9.78 Å². The van der Waals surface area contributed by atoms with Gasteiger partial charge in [0.2, 0.25) is 5.88 Å². The Balaban J connectivity index is 1.63. The normalized spacial score (nSPS) is 16.3. The highest BCUT2D eigenvalue weighted by Crippen LogP contribution is 2.26. The van der Waals surface area contributed by atoms with Crippen molar-refractivity contribution in [2.45, 2.75) is 19.4 Å². The number of carboxylic acid groups (broad SMARTS) is 1. The maximum Gasteiger partial charge on any atom is 0.317 e. The first-order valence-corrected chi connectivity index (χ1v) is 9.08. The maximum atomic E-state index is 12.4. The van der Waals surface area contributed by atoms with Gasteiger partial charge in [0.15, 0.2) is 0 Å². The number of hydrogen-bond donors (Lipinski definition) is 2. The largest absolute Gasteiger partial charge is 0.497 e. The molecule has 2 amide bonds. The number of nitrogens with one attached hydrogen (secondary N) is 1. The van der Waals surface area contributed by atoms with Gasteiger partial charge in [0.25, 0.3) is 0 Å². The fourth-order valence-corrected chi connectivity index (χ4v) is 3.07. The van der Waals surface area contributed by atoms with Crippen molar-refractivity contribution < 1.29 is 24.2 Å². The second-order valence-corrected chi connectivity index (χ2v) is 6.53. The molecule has 0 saturated carbocycles. The number of pyridine rings is 1. The van der Waals surface area contributed by atoms with Crippen LogP contribution in [-0.2, 0) is 11.3 Å². The van der Waals surface area contributed by atoms with E-state index in [9.17, 15) is 9.59 Å². The zero-order chi connectivity index (χ0) is 19.9. The van der Waals surface area contributed by atoms with Crippen LogP contribution in [0.5, 0.6) is 17.4 Å². The average molecular weight is 385 g/mol. The molecule has 1 aliphatic heterocycles. The predicted molar refractivity (Wildman–Crippen MR) is 101 cm³/mol. The van der Waals surface area contributed by atoms with E-state index in [1.807, 2.05) is 18.2 Å². The molecule has 2 aromatic rings. The molecular formula is C20H23N3O5. The van der Waals surface area contributed by atoms with Crippen molar-refractivity contribution in [2.75, 3.05) is 20.2 Å². The Morgan fingerprint density at radius 3 is 2.89 bits per heavy atom. The third-order valence-corrected chi connectivity index (χ3v) is 4.59. The lowest BCUT2D eigenvalue weighted by molar-refractivity contribution is -0.143. The molecule has 1 aromatic carbocycles. The van der Waals surface area contributed by atoms with Crippen LogP contribution < -0.4 is 14.8 Å². The van der Waals surface area contributed by atoms with E-state index in [0.717, 1.165) is 0 Å². The lowest BCUT2D eigenvalue weighted by Gasteiger charge is -2.30. The number of urea groups is 1. The number of ether oxygens (including phenoxy) is 2. The molecule has 0 spiro atoms. The molecule has 1 fully saturated rings. The Morgan fingerprint density at radius 2 is 2.11 bits per heavy atom. The second kappa shape index (κ2) is 9.07. The minimum absolute atomic E-state index is 0.222. The minimum atomic E-state index is -0.862. The number of likely N-dealkylation sites (tertiary alicyclic amines) is 1. The lowest BCUT2D eigenvalue weighted by atomic mass is 9.99. The number of methoxy groups -OCH3 is 1. The van der Waals surface area contributed by atoms with Crippen LogP contribution in [0.15, 0.2) is 42.6 Å². The quantitative estimate of drug-likeness (QED) is 0.793. The van der Waals surface area contributed by atoms with Crippen LogP contribution in [0.3, 0.4) is 0 Å². The summed E-state index contributed by atoms with van der Waals surface area (Å²) in [6.07, 6.45) is 2.89. The molecule has 1 aliphatic rings. The summed E-state index contributed by atoms with van der Waals surface area (Å²) in [6.45, 7) is 0.997. The average Bonchev–Trinajstić information content (AvgIpc) is 2.73. The molecule has 2 N–H and O–H groups in total. The number of nitrogens with zero attached hydrogens (tertiary/aromatic N) is 2. The summed E-state index contributed by atoms with van der Waals surface area (Å²) >= 11 is 0. The molecule has 8 nitrogen and oxygen atoms in total. The van der Waals surface area contributed by atoms with E-state index >= 15 is 0 Å². The highest BCUT2D eigenvalue weighted by molar-refractivity contribution is 5.76. The molecule has 8 heteroatoms. The molecular weight excluding hydrogens is 362 g/mol. The molecule has 3 rings (SSSR count). The summed E-state index contributed by atoms with van der Waals surface area (Å²) in [7, 11) is 1.58. The Morgan fingerprint density at radius 1 is 1.29 bits per heavy atom. The first-order valence-electron chi connectivity index (χ1n) is 9.08. The van der Waals surface area contributed by atoms with Crippen molar-refractivity contribution in [3.8, 4) is 17.4 Å². The summed E-state index contributed by atoms with van der Waals surface area (Å²) in [5.41, 5.74) is 0.713. The Bertz CT molecular complexity index is 842. The van der Waals surface area contributed by atoms with Crippen LogP contribution in [0.4, 0.5) is 4.79 Å². The van der Waals surface area contributed by atoms with Gasteiger partial charge in [-0.3, -0.25) is 4.79 Å². The van der Waals surface area contributed by atoms with E-state index in [1.54, 1.807) is 36.4 Å². The van der Waals surface area contributed by atoms with Crippen molar-refractivity contribution in [1.82, 2.24) is 15.2 Å². The van der Waals surface area contributed by atoms with Crippen LogP contribution >= 0.6 is 0 Å². The fourth-order valence-electron chi connectivity index (χ4n) is 3.07. The van der Waals surface area contributed by atoms with Gasteiger partial charge in [-0.2, -0.15) is 0 Å². The van der Waals surface area contributed by atoms with Gasteiger partial charge in [-0.05, 0) is 31.0 Å². The smallest absolute Gasteiger partial charge is 0.317 e. The molecule has 0 aliphatic carbocycles. The standard InChI is InChI=1S/C20H23N3O5/c1-27-16-7-2-8-17(11-16)28-18-14(5-3-9-21-18)12-22-20(26)23-10-4-6-15(13-23)19(24)25/h2-3,5,7-9,11,15H,4,6,10,12-13H2,1H3,(H,22,26)(H,24,25). The van der Waals surface area contributed by atoms with Gasteiger partial charge >= 0.3 is 12.0 Å². The molecule has 0 bridgehead atoms. The summed E-state index contributed by atoms with van der Waals surface area (Å²) in [5.74, 6) is 0.258.